The van der Waals surface area contributed by atoms with Crippen molar-refractivity contribution >= 4 is 23.6 Å². The van der Waals surface area contributed by atoms with Crippen LogP contribution in [0.5, 0.6) is 17.2 Å². The minimum absolute atomic E-state index is 0.0263. The number of carbonyl (C=O) groups excluding carboxylic acids is 4. The summed E-state index contributed by atoms with van der Waals surface area (Å²) >= 11 is 0. The van der Waals surface area contributed by atoms with Gasteiger partial charge in [0.2, 0.25) is 17.7 Å². The zero-order valence-corrected chi connectivity index (χ0v) is 25.3. The third kappa shape index (κ3) is 8.49. The summed E-state index contributed by atoms with van der Waals surface area (Å²) in [5, 5.41) is 5.95. The molecule has 0 spiro atoms. The molecule has 0 aromatic heterocycles. The van der Waals surface area contributed by atoms with E-state index in [-0.39, 0.29) is 48.6 Å². The molecule has 2 atom stereocenters. The molecule has 2 aromatic rings. The summed E-state index contributed by atoms with van der Waals surface area (Å²) in [7, 11) is 1.53. The first-order chi connectivity index (χ1) is 21.4. The number of amides is 4. The number of nitrogens with one attached hydrogen (secondary N) is 2. The average Bonchev–Trinajstić information content (AvgIpc) is 3.24. The summed E-state index contributed by atoms with van der Waals surface area (Å²) in [6.07, 6.45) is 4.66. The molecule has 3 aliphatic rings. The molecule has 2 saturated heterocycles. The maximum absolute atomic E-state index is 13.2. The SMILES string of the molecule is COc1cc2cc(c1)C(=O)NCCCC(=O)N[C@H]1CN(C(=O)CCN3CCCCCC3=O)CC[C@@H]1OCc1cccc(c1)O2. The molecule has 0 unspecified atom stereocenters. The number of carbonyl (C=O) groups is 4. The summed E-state index contributed by atoms with van der Waals surface area (Å²) in [6.45, 7) is 2.58. The zero-order chi connectivity index (χ0) is 30.9. The van der Waals surface area contributed by atoms with E-state index in [1.165, 1.54) is 7.11 Å². The van der Waals surface area contributed by atoms with E-state index in [0.717, 1.165) is 24.8 Å². The number of rotatable bonds is 4. The van der Waals surface area contributed by atoms with Crippen LogP contribution in [-0.2, 0) is 25.7 Å². The van der Waals surface area contributed by atoms with E-state index >= 15 is 0 Å². The van der Waals surface area contributed by atoms with Crippen LogP contribution in [0.2, 0.25) is 0 Å². The van der Waals surface area contributed by atoms with Crippen molar-refractivity contribution in [1.29, 1.82) is 0 Å². The number of nitrogens with zero attached hydrogens (tertiary/aromatic N) is 2. The maximum atomic E-state index is 13.2. The first kappa shape index (κ1) is 31.3. The Morgan fingerprint density at radius 3 is 2.75 bits per heavy atom. The summed E-state index contributed by atoms with van der Waals surface area (Å²) in [5.41, 5.74) is 1.27. The van der Waals surface area contributed by atoms with E-state index in [0.29, 0.717) is 81.4 Å². The molecule has 0 radical (unpaired) electrons. The second-order valence-electron chi connectivity index (χ2n) is 11.6. The average molecular weight is 607 g/mol. The van der Waals surface area contributed by atoms with E-state index in [2.05, 4.69) is 10.6 Å². The van der Waals surface area contributed by atoms with Crippen molar-refractivity contribution in [3.63, 3.8) is 0 Å². The van der Waals surface area contributed by atoms with Gasteiger partial charge in [-0.2, -0.15) is 0 Å². The summed E-state index contributed by atoms with van der Waals surface area (Å²) in [4.78, 5) is 55.1. The Bertz CT molecular complexity index is 1350. The molecule has 2 N–H and O–H groups in total. The predicted molar refractivity (Wildman–Crippen MR) is 162 cm³/mol. The van der Waals surface area contributed by atoms with E-state index in [1.807, 2.05) is 29.2 Å². The van der Waals surface area contributed by atoms with Crippen LogP contribution in [0.25, 0.3) is 0 Å². The third-order valence-electron chi connectivity index (χ3n) is 8.36. The van der Waals surface area contributed by atoms with Crippen LogP contribution >= 0.6 is 0 Å². The Hall–Kier alpha value is -4.12. The fourth-order valence-corrected chi connectivity index (χ4v) is 5.91. The summed E-state index contributed by atoms with van der Waals surface area (Å²) in [5.74, 6) is 1.18. The number of methoxy groups -OCH3 is 1. The molecule has 0 saturated carbocycles. The second-order valence-corrected chi connectivity index (χ2v) is 11.6. The molecular weight excluding hydrogens is 564 g/mol. The number of fused-ring (bicyclic) bond motifs is 5. The minimum Gasteiger partial charge on any atom is -0.497 e. The molecule has 4 amide bonds. The van der Waals surface area contributed by atoms with Crippen molar-refractivity contribution in [1.82, 2.24) is 20.4 Å². The monoisotopic (exact) mass is 606 g/mol. The molecule has 2 fully saturated rings. The first-order valence-corrected chi connectivity index (χ1v) is 15.6. The lowest BCUT2D eigenvalue weighted by atomic mass is 10.0. The molecule has 5 rings (SSSR count). The van der Waals surface area contributed by atoms with Gasteiger partial charge in [0.25, 0.3) is 5.91 Å². The molecular formula is C33H42N4O7. The number of benzene rings is 2. The second kappa shape index (κ2) is 15.1. The van der Waals surface area contributed by atoms with Crippen LogP contribution in [-0.4, -0.2) is 85.4 Å². The van der Waals surface area contributed by atoms with Crippen molar-refractivity contribution in [3.8, 4) is 17.2 Å². The maximum Gasteiger partial charge on any atom is 0.251 e. The Labute approximate surface area is 258 Å². The summed E-state index contributed by atoms with van der Waals surface area (Å²) in [6, 6.07) is 12.1. The highest BCUT2D eigenvalue weighted by Crippen LogP contribution is 2.29. The van der Waals surface area contributed by atoms with Gasteiger partial charge >= 0.3 is 0 Å². The van der Waals surface area contributed by atoms with Crippen molar-refractivity contribution < 1.29 is 33.4 Å². The smallest absolute Gasteiger partial charge is 0.251 e. The topological polar surface area (TPSA) is 127 Å². The van der Waals surface area contributed by atoms with Crippen LogP contribution in [0.4, 0.5) is 0 Å². The molecule has 236 valence electrons. The first-order valence-electron chi connectivity index (χ1n) is 15.6. The van der Waals surface area contributed by atoms with Crippen LogP contribution in [0.15, 0.2) is 42.5 Å². The van der Waals surface area contributed by atoms with Gasteiger partial charge in [-0.1, -0.05) is 18.6 Å². The van der Waals surface area contributed by atoms with Gasteiger partial charge < -0.3 is 34.6 Å². The highest BCUT2D eigenvalue weighted by Gasteiger charge is 2.33. The van der Waals surface area contributed by atoms with Gasteiger partial charge in [0.1, 0.15) is 17.2 Å². The molecule has 11 nitrogen and oxygen atoms in total. The number of hydrogen-bond acceptors (Lipinski definition) is 7. The Morgan fingerprint density at radius 1 is 1.00 bits per heavy atom. The van der Waals surface area contributed by atoms with E-state index in [4.69, 9.17) is 14.2 Å². The van der Waals surface area contributed by atoms with E-state index < -0.39 is 0 Å². The quantitative estimate of drug-likeness (QED) is 0.546. The van der Waals surface area contributed by atoms with Crippen molar-refractivity contribution in [2.75, 3.05) is 39.8 Å². The van der Waals surface area contributed by atoms with Gasteiger partial charge in [0, 0.05) is 63.6 Å². The lowest BCUT2D eigenvalue weighted by Crippen LogP contribution is -2.57. The fraction of sp³-hybridized carbons (Fsp3) is 0.515. The minimum atomic E-state index is -0.389. The Balaban J connectivity index is 1.28. The van der Waals surface area contributed by atoms with E-state index in [9.17, 15) is 19.2 Å². The zero-order valence-electron chi connectivity index (χ0n) is 25.3. The number of hydrogen-bond donors (Lipinski definition) is 2. The summed E-state index contributed by atoms with van der Waals surface area (Å²) < 4.78 is 17.8. The third-order valence-corrected chi connectivity index (χ3v) is 8.36. The van der Waals surface area contributed by atoms with E-state index in [1.54, 1.807) is 23.1 Å². The molecule has 3 aliphatic heterocycles. The Morgan fingerprint density at radius 2 is 1.89 bits per heavy atom. The van der Waals surface area contributed by atoms with Crippen molar-refractivity contribution in [3.05, 3.63) is 53.6 Å². The van der Waals surface area contributed by atoms with Gasteiger partial charge in [-0.25, -0.2) is 0 Å². The number of ether oxygens (including phenoxy) is 3. The normalized spacial score (nSPS) is 21.9. The van der Waals surface area contributed by atoms with Crippen LogP contribution < -0.4 is 20.1 Å². The molecule has 44 heavy (non-hydrogen) atoms. The highest BCUT2D eigenvalue weighted by atomic mass is 16.5. The van der Waals surface area contributed by atoms with Gasteiger partial charge in [-0.3, -0.25) is 19.2 Å². The lowest BCUT2D eigenvalue weighted by molar-refractivity contribution is -0.138. The molecule has 11 heteroatoms. The highest BCUT2D eigenvalue weighted by molar-refractivity contribution is 5.95. The predicted octanol–water partition coefficient (Wildman–Crippen LogP) is 3.41. The molecule has 3 heterocycles. The van der Waals surface area contributed by atoms with Crippen LogP contribution in [0, 0.1) is 0 Å². The lowest BCUT2D eigenvalue weighted by Gasteiger charge is -2.39. The van der Waals surface area contributed by atoms with Crippen molar-refractivity contribution in [2.24, 2.45) is 0 Å². The number of likely N-dealkylation sites (tertiary alicyclic amines) is 2. The van der Waals surface area contributed by atoms with Gasteiger partial charge in [0.05, 0.1) is 25.9 Å². The van der Waals surface area contributed by atoms with Gasteiger partial charge in [-0.15, -0.1) is 0 Å². The standard InChI is InChI=1S/C33H42N4O7/c1-42-26-18-24-19-27(20-26)44-25-8-5-7-23(17-25)22-43-29-11-15-37(21-28(29)35-30(38)9-6-13-34-33(24)41)32(40)12-16-36-14-4-2-3-10-31(36)39/h5,7-8,17-20,28-29H,2-4,6,9-16,21-22H2,1H3,(H,34,41)(H,35,38)/t28-,29-/m0/s1. The molecule has 2 aromatic carbocycles. The number of piperidine rings is 1. The Kier molecular flexibility index (Phi) is 10.7. The molecule has 4 bridgehead atoms. The van der Waals surface area contributed by atoms with Gasteiger partial charge in [-0.05, 0) is 55.5 Å². The van der Waals surface area contributed by atoms with Crippen LogP contribution in [0.3, 0.4) is 0 Å². The fourth-order valence-electron chi connectivity index (χ4n) is 5.91. The largest absolute Gasteiger partial charge is 0.497 e. The van der Waals surface area contributed by atoms with Gasteiger partial charge in [0.15, 0.2) is 0 Å². The van der Waals surface area contributed by atoms with Crippen molar-refractivity contribution in [2.45, 2.75) is 70.1 Å². The van der Waals surface area contributed by atoms with Crippen LogP contribution in [0.1, 0.15) is 67.3 Å². The molecule has 0 aliphatic carbocycles.